The Labute approximate surface area is 299 Å². The number of allylic oxidation sites excluding steroid dienone is 1. The van der Waals surface area contributed by atoms with E-state index in [4.69, 9.17) is 4.74 Å². The Balaban J connectivity index is 1.31. The molecule has 50 heavy (non-hydrogen) atoms. The molecule has 1 aromatic heterocycles. The second-order valence-corrected chi connectivity index (χ2v) is 19.1. The van der Waals surface area contributed by atoms with Gasteiger partial charge in [0.25, 0.3) is 5.91 Å². The molecule has 6 rings (SSSR count). The zero-order valence-electron chi connectivity index (χ0n) is 32.1. The van der Waals surface area contributed by atoms with Gasteiger partial charge in [-0.05, 0) is 135 Å². The van der Waals surface area contributed by atoms with Crippen LogP contribution >= 0.6 is 0 Å². The van der Waals surface area contributed by atoms with Crippen molar-refractivity contribution in [1.29, 1.82) is 0 Å². The number of nitrogens with one attached hydrogen (secondary N) is 1. The van der Waals surface area contributed by atoms with Crippen molar-refractivity contribution in [2.24, 2.45) is 50.7 Å². The highest BCUT2D eigenvalue weighted by atomic mass is 16.5. The molecule has 5 aliphatic rings. The van der Waals surface area contributed by atoms with Crippen LogP contribution in [0.1, 0.15) is 142 Å². The first-order valence-corrected chi connectivity index (χ1v) is 19.1. The lowest BCUT2D eigenvalue weighted by Gasteiger charge is -2.72. The largest absolute Gasteiger partial charge is 0.481 e. The molecule has 7 unspecified atom stereocenters. The molecule has 4 fully saturated rings. The van der Waals surface area contributed by atoms with Gasteiger partial charge in [-0.2, -0.15) is 0 Å². The molecule has 0 bridgehead atoms. The van der Waals surface area contributed by atoms with Crippen LogP contribution in [0.25, 0.3) is 0 Å². The van der Waals surface area contributed by atoms with Gasteiger partial charge in [-0.3, -0.25) is 24.2 Å². The number of carbonyl (C=O) groups excluding carboxylic acids is 3. The minimum absolute atomic E-state index is 0.0309. The maximum atomic E-state index is 14.0. The number of carboxylic acid groups (broad SMARTS) is 1. The number of fused-ring (bicyclic) bond motifs is 7. The van der Waals surface area contributed by atoms with Gasteiger partial charge in [-0.25, -0.2) is 0 Å². The standard InChI is InChI=1S/C42H60N2O6/c1-24(2)33-28(45)21-42(44-35(47)26-23-43-20-15-25(26)3)19-18-40(9)27(34(33)42)11-12-30-39(8)16-14-31(50-32(46)22-37(4,5)36(48)49)38(6,7)29(39)13-17-41(30,40)10/h15,20,23-24,27,29-31H,11-14,16-19,21-22H2,1-10H3,(H,44,47)(H,48,49)/t27?,29?,30?,31?,39?,40-,41?,42?/m1/s1. The van der Waals surface area contributed by atoms with Crippen molar-refractivity contribution in [3.05, 3.63) is 40.7 Å². The highest BCUT2D eigenvalue weighted by Gasteiger charge is 2.70. The van der Waals surface area contributed by atoms with Crippen molar-refractivity contribution in [3.8, 4) is 0 Å². The molecular weight excluding hydrogens is 628 g/mol. The number of aliphatic carboxylic acids is 1. The van der Waals surface area contributed by atoms with Crippen molar-refractivity contribution in [3.63, 3.8) is 0 Å². The molecule has 8 heteroatoms. The summed E-state index contributed by atoms with van der Waals surface area (Å²) in [6.45, 7) is 21.4. The fourth-order valence-electron chi connectivity index (χ4n) is 12.6. The van der Waals surface area contributed by atoms with E-state index in [9.17, 15) is 24.3 Å². The molecule has 2 N–H and O–H groups in total. The number of aromatic nitrogens is 1. The third-order valence-corrected chi connectivity index (χ3v) is 15.4. The number of esters is 1. The van der Waals surface area contributed by atoms with Crippen LogP contribution in [-0.4, -0.2) is 45.4 Å². The number of nitrogens with zero attached hydrogens (tertiary/aromatic N) is 1. The predicted octanol–water partition coefficient (Wildman–Crippen LogP) is 8.27. The van der Waals surface area contributed by atoms with E-state index >= 15 is 0 Å². The zero-order valence-corrected chi connectivity index (χ0v) is 32.1. The maximum absolute atomic E-state index is 14.0. The molecule has 1 aromatic rings. The number of pyridine rings is 1. The Hall–Kier alpha value is -3.03. The van der Waals surface area contributed by atoms with Gasteiger partial charge in [0.2, 0.25) is 0 Å². The Morgan fingerprint density at radius 2 is 1.68 bits per heavy atom. The van der Waals surface area contributed by atoms with Crippen LogP contribution in [0.4, 0.5) is 0 Å². The number of ketones is 1. The lowest BCUT2D eigenvalue weighted by molar-refractivity contribution is -0.232. The van der Waals surface area contributed by atoms with Crippen molar-refractivity contribution >= 4 is 23.6 Å². The van der Waals surface area contributed by atoms with E-state index in [0.717, 1.165) is 62.5 Å². The SMILES string of the molecule is Cc1ccncc1C(=O)NC12CC[C@]3(C)C(CCC4C5(C)CCC(OC(=O)CC(C)(C)C(=O)O)C(C)(C)C5CCC43C)C1=C(C(C)C)C(=O)C2. The third-order valence-electron chi connectivity index (χ3n) is 15.4. The topological polar surface area (TPSA) is 123 Å². The average molecular weight is 689 g/mol. The summed E-state index contributed by atoms with van der Waals surface area (Å²) in [7, 11) is 0. The molecule has 1 amide bonds. The second-order valence-electron chi connectivity index (χ2n) is 19.1. The van der Waals surface area contributed by atoms with Crippen LogP contribution < -0.4 is 5.32 Å². The van der Waals surface area contributed by atoms with Crippen molar-refractivity contribution in [2.75, 3.05) is 0 Å². The number of hydrogen-bond acceptors (Lipinski definition) is 6. The Morgan fingerprint density at radius 1 is 0.980 bits per heavy atom. The molecule has 0 aliphatic heterocycles. The van der Waals surface area contributed by atoms with Crippen LogP contribution in [0.15, 0.2) is 29.6 Å². The maximum Gasteiger partial charge on any atom is 0.309 e. The van der Waals surface area contributed by atoms with Crippen LogP contribution in [0.5, 0.6) is 0 Å². The normalized spacial score (nSPS) is 37.7. The van der Waals surface area contributed by atoms with Crippen LogP contribution in [0, 0.1) is 57.7 Å². The molecule has 8 atom stereocenters. The van der Waals surface area contributed by atoms with Gasteiger partial charge in [0.05, 0.1) is 22.9 Å². The lowest BCUT2D eigenvalue weighted by Crippen LogP contribution is -2.67. The van der Waals surface area contributed by atoms with E-state index in [1.165, 1.54) is 5.57 Å². The summed E-state index contributed by atoms with van der Waals surface area (Å²) in [6, 6.07) is 1.86. The Bertz CT molecular complexity index is 1640. The fraction of sp³-hybridized carbons (Fsp3) is 0.738. The van der Waals surface area contributed by atoms with Gasteiger partial charge in [0, 0.05) is 24.2 Å². The quantitative estimate of drug-likeness (QED) is 0.277. The number of carbonyl (C=O) groups is 4. The van der Waals surface area contributed by atoms with E-state index in [2.05, 4.69) is 58.8 Å². The van der Waals surface area contributed by atoms with E-state index in [0.29, 0.717) is 23.8 Å². The zero-order chi connectivity index (χ0) is 36.8. The summed E-state index contributed by atoms with van der Waals surface area (Å²) in [4.78, 5) is 56.9. The van der Waals surface area contributed by atoms with Gasteiger partial charge < -0.3 is 15.2 Å². The van der Waals surface area contributed by atoms with E-state index in [-0.39, 0.29) is 57.7 Å². The molecular formula is C42H60N2O6. The number of carboxylic acids is 1. The first kappa shape index (κ1) is 36.8. The molecule has 4 saturated carbocycles. The summed E-state index contributed by atoms with van der Waals surface area (Å²) in [5, 5.41) is 13.1. The number of ether oxygens (including phenoxy) is 1. The highest BCUT2D eigenvalue weighted by Crippen LogP contribution is 2.76. The van der Waals surface area contributed by atoms with Gasteiger partial charge in [0.15, 0.2) is 5.78 Å². The molecule has 274 valence electrons. The molecule has 8 nitrogen and oxygen atoms in total. The van der Waals surface area contributed by atoms with Gasteiger partial charge in [-0.1, -0.05) is 48.5 Å². The average Bonchev–Trinajstić information content (AvgIpc) is 3.30. The van der Waals surface area contributed by atoms with E-state index in [1.54, 1.807) is 26.2 Å². The van der Waals surface area contributed by atoms with Crippen LogP contribution in [0.3, 0.4) is 0 Å². The summed E-state index contributed by atoms with van der Waals surface area (Å²) >= 11 is 0. The van der Waals surface area contributed by atoms with Crippen LogP contribution in [0.2, 0.25) is 0 Å². The monoisotopic (exact) mass is 688 g/mol. The Kier molecular flexibility index (Phi) is 8.83. The molecule has 0 aromatic carbocycles. The molecule has 0 saturated heterocycles. The predicted molar refractivity (Wildman–Crippen MR) is 192 cm³/mol. The lowest BCUT2D eigenvalue weighted by atomic mass is 9.33. The first-order valence-electron chi connectivity index (χ1n) is 19.1. The summed E-state index contributed by atoms with van der Waals surface area (Å²) in [6.07, 6.45) is 10.9. The molecule has 5 aliphatic carbocycles. The third kappa shape index (κ3) is 5.31. The summed E-state index contributed by atoms with van der Waals surface area (Å²) in [5.41, 5.74) is 1.56. The summed E-state index contributed by atoms with van der Waals surface area (Å²) in [5.74, 6) is -0.264. The summed E-state index contributed by atoms with van der Waals surface area (Å²) < 4.78 is 6.15. The minimum Gasteiger partial charge on any atom is -0.481 e. The second kappa shape index (κ2) is 12.0. The Morgan fingerprint density at radius 3 is 2.32 bits per heavy atom. The fourth-order valence-corrected chi connectivity index (χ4v) is 12.6. The number of Topliss-reactive ketones (excluding diaryl/α,β-unsaturated/α-hetero) is 1. The van der Waals surface area contributed by atoms with Crippen molar-refractivity contribution < 1.29 is 29.0 Å². The van der Waals surface area contributed by atoms with Crippen LogP contribution in [-0.2, 0) is 19.1 Å². The molecule has 0 spiro atoms. The smallest absolute Gasteiger partial charge is 0.309 e. The molecule has 1 heterocycles. The van der Waals surface area contributed by atoms with E-state index in [1.807, 2.05) is 13.0 Å². The number of hydrogen-bond donors (Lipinski definition) is 2. The number of rotatable bonds is 7. The highest BCUT2D eigenvalue weighted by molar-refractivity contribution is 6.04. The first-order chi connectivity index (χ1) is 23.1. The number of amides is 1. The van der Waals surface area contributed by atoms with Crippen molar-refractivity contribution in [1.82, 2.24) is 10.3 Å². The number of aryl methyl sites for hydroxylation is 1. The van der Waals surface area contributed by atoms with Gasteiger partial charge in [-0.15, -0.1) is 0 Å². The van der Waals surface area contributed by atoms with Crippen molar-refractivity contribution in [2.45, 2.75) is 145 Å². The van der Waals surface area contributed by atoms with E-state index < -0.39 is 22.9 Å². The molecule has 0 radical (unpaired) electrons. The van der Waals surface area contributed by atoms with Gasteiger partial charge >= 0.3 is 11.9 Å². The minimum atomic E-state index is -1.17. The van der Waals surface area contributed by atoms with Gasteiger partial charge in [0.1, 0.15) is 6.10 Å².